The standard InChI is InChI=1S/C20H24N2O4/c1-15(2)19(24)26-13-9-4-3-8-12-22-14-17(18(23)21-20(22)25)16-10-6-5-7-11-16/h5-7,10-11,14H,1,3-4,8-9,12-13H2,2H3,(H,21,23,25). The molecule has 6 heteroatoms. The lowest BCUT2D eigenvalue weighted by Crippen LogP contribution is -2.30. The van der Waals surface area contributed by atoms with Crippen LogP contribution >= 0.6 is 0 Å². The van der Waals surface area contributed by atoms with Gasteiger partial charge in [-0.2, -0.15) is 0 Å². The van der Waals surface area contributed by atoms with Crippen LogP contribution in [0.1, 0.15) is 32.6 Å². The van der Waals surface area contributed by atoms with E-state index in [2.05, 4.69) is 11.6 Å². The number of aromatic amines is 1. The summed E-state index contributed by atoms with van der Waals surface area (Å²) in [4.78, 5) is 37.6. The van der Waals surface area contributed by atoms with Crippen LogP contribution in [0.15, 0.2) is 58.3 Å². The van der Waals surface area contributed by atoms with Gasteiger partial charge in [0.05, 0.1) is 12.2 Å². The topological polar surface area (TPSA) is 81.2 Å². The average Bonchev–Trinajstić information content (AvgIpc) is 2.62. The number of nitrogens with one attached hydrogen (secondary N) is 1. The molecule has 1 aromatic heterocycles. The number of carbonyl (C=O) groups is 1. The Labute approximate surface area is 152 Å². The van der Waals surface area contributed by atoms with Gasteiger partial charge in [-0.05, 0) is 31.7 Å². The molecule has 0 unspecified atom stereocenters. The summed E-state index contributed by atoms with van der Waals surface area (Å²) in [6.45, 7) is 6.05. The number of aryl methyl sites for hydroxylation is 1. The van der Waals surface area contributed by atoms with Crippen LogP contribution < -0.4 is 11.2 Å². The van der Waals surface area contributed by atoms with E-state index in [4.69, 9.17) is 4.74 Å². The molecule has 0 saturated heterocycles. The van der Waals surface area contributed by atoms with Gasteiger partial charge < -0.3 is 4.74 Å². The Bertz CT molecular complexity index is 865. The smallest absolute Gasteiger partial charge is 0.333 e. The Hall–Kier alpha value is -2.89. The summed E-state index contributed by atoms with van der Waals surface area (Å²) in [6.07, 6.45) is 4.98. The molecule has 0 aliphatic rings. The normalized spacial score (nSPS) is 10.5. The summed E-state index contributed by atoms with van der Waals surface area (Å²) in [5, 5.41) is 0. The molecule has 0 fully saturated rings. The quantitative estimate of drug-likeness (QED) is 0.425. The highest BCUT2D eigenvalue weighted by Gasteiger charge is 2.07. The lowest BCUT2D eigenvalue weighted by atomic mass is 10.1. The van der Waals surface area contributed by atoms with Crippen molar-refractivity contribution in [3.63, 3.8) is 0 Å². The van der Waals surface area contributed by atoms with Gasteiger partial charge in [0.2, 0.25) is 0 Å². The minimum Gasteiger partial charge on any atom is -0.462 e. The van der Waals surface area contributed by atoms with Crippen molar-refractivity contribution in [2.75, 3.05) is 6.61 Å². The van der Waals surface area contributed by atoms with Crippen LogP contribution in [-0.4, -0.2) is 22.1 Å². The molecule has 0 aliphatic heterocycles. The number of hydrogen-bond acceptors (Lipinski definition) is 4. The van der Waals surface area contributed by atoms with Crippen molar-refractivity contribution in [3.8, 4) is 11.1 Å². The molecule has 0 saturated carbocycles. The fourth-order valence-electron chi connectivity index (χ4n) is 2.52. The highest BCUT2D eigenvalue weighted by Crippen LogP contribution is 2.13. The maximum atomic E-state index is 12.0. The van der Waals surface area contributed by atoms with Gasteiger partial charge in [0.1, 0.15) is 0 Å². The lowest BCUT2D eigenvalue weighted by molar-refractivity contribution is -0.139. The number of H-pyrrole nitrogens is 1. The zero-order valence-corrected chi connectivity index (χ0v) is 15.0. The van der Waals surface area contributed by atoms with Crippen molar-refractivity contribution in [1.29, 1.82) is 0 Å². The number of carbonyl (C=O) groups excluding carboxylic acids is 1. The van der Waals surface area contributed by atoms with Gasteiger partial charge in [0.15, 0.2) is 0 Å². The average molecular weight is 356 g/mol. The SMILES string of the molecule is C=C(C)C(=O)OCCCCCCn1cc(-c2ccccc2)c(=O)[nH]c1=O. The number of aromatic nitrogens is 2. The second-order valence-electron chi connectivity index (χ2n) is 6.19. The fraction of sp³-hybridized carbons (Fsp3) is 0.350. The van der Waals surface area contributed by atoms with Crippen LogP contribution in [0.4, 0.5) is 0 Å². The molecular formula is C20H24N2O4. The Morgan fingerprint density at radius 3 is 2.50 bits per heavy atom. The molecule has 2 rings (SSSR count). The molecule has 0 atom stereocenters. The van der Waals surface area contributed by atoms with E-state index in [9.17, 15) is 14.4 Å². The first-order valence-corrected chi connectivity index (χ1v) is 8.71. The lowest BCUT2D eigenvalue weighted by Gasteiger charge is -2.08. The van der Waals surface area contributed by atoms with Crippen LogP contribution in [-0.2, 0) is 16.1 Å². The van der Waals surface area contributed by atoms with Gasteiger partial charge in [-0.25, -0.2) is 9.59 Å². The summed E-state index contributed by atoms with van der Waals surface area (Å²) in [7, 11) is 0. The molecule has 2 aromatic rings. The second-order valence-corrected chi connectivity index (χ2v) is 6.19. The minimum absolute atomic E-state index is 0.363. The number of ether oxygens (including phenoxy) is 1. The van der Waals surface area contributed by atoms with E-state index in [0.717, 1.165) is 31.2 Å². The van der Waals surface area contributed by atoms with Gasteiger partial charge in [-0.1, -0.05) is 43.3 Å². The first-order valence-electron chi connectivity index (χ1n) is 8.71. The number of hydrogen-bond donors (Lipinski definition) is 1. The molecule has 26 heavy (non-hydrogen) atoms. The predicted octanol–water partition coefficient (Wildman–Crippen LogP) is 2.88. The predicted molar refractivity (Wildman–Crippen MR) is 101 cm³/mol. The Morgan fingerprint density at radius 2 is 1.81 bits per heavy atom. The molecule has 1 N–H and O–H groups in total. The minimum atomic E-state index is -0.398. The summed E-state index contributed by atoms with van der Waals surface area (Å²) in [5.74, 6) is -0.363. The first kappa shape index (κ1) is 19.4. The number of benzene rings is 1. The molecule has 6 nitrogen and oxygen atoms in total. The maximum Gasteiger partial charge on any atom is 0.333 e. The number of esters is 1. The van der Waals surface area contributed by atoms with Gasteiger partial charge in [-0.15, -0.1) is 0 Å². The van der Waals surface area contributed by atoms with E-state index in [-0.39, 0.29) is 11.5 Å². The summed E-state index contributed by atoms with van der Waals surface area (Å²) < 4.78 is 6.56. The van der Waals surface area contributed by atoms with Crippen molar-refractivity contribution in [2.45, 2.75) is 39.2 Å². The second kappa shape index (κ2) is 9.56. The fourth-order valence-corrected chi connectivity index (χ4v) is 2.52. The summed E-state index contributed by atoms with van der Waals surface area (Å²) in [6, 6.07) is 9.26. The highest BCUT2D eigenvalue weighted by atomic mass is 16.5. The monoisotopic (exact) mass is 356 g/mol. The molecule has 0 amide bonds. The molecule has 1 aromatic carbocycles. The number of rotatable bonds is 9. The van der Waals surface area contributed by atoms with Gasteiger partial charge in [-0.3, -0.25) is 14.3 Å². The number of unbranched alkanes of at least 4 members (excludes halogenated alkanes) is 3. The van der Waals surface area contributed by atoms with E-state index in [1.54, 1.807) is 13.1 Å². The Balaban J connectivity index is 1.85. The molecule has 0 spiro atoms. The van der Waals surface area contributed by atoms with E-state index in [1.807, 2.05) is 30.3 Å². The van der Waals surface area contributed by atoms with Crippen molar-refractivity contribution < 1.29 is 9.53 Å². The first-order chi connectivity index (χ1) is 12.5. The van der Waals surface area contributed by atoms with Crippen LogP contribution in [0.3, 0.4) is 0 Å². The van der Waals surface area contributed by atoms with Gasteiger partial charge in [0, 0.05) is 18.3 Å². The van der Waals surface area contributed by atoms with E-state index < -0.39 is 5.69 Å². The van der Waals surface area contributed by atoms with Crippen molar-refractivity contribution in [3.05, 3.63) is 69.5 Å². The third-order valence-corrected chi connectivity index (χ3v) is 3.97. The molecule has 0 aliphatic carbocycles. The number of nitrogens with zero attached hydrogens (tertiary/aromatic N) is 1. The van der Waals surface area contributed by atoms with Crippen LogP contribution in [0.5, 0.6) is 0 Å². The largest absolute Gasteiger partial charge is 0.462 e. The maximum absolute atomic E-state index is 12.0. The van der Waals surface area contributed by atoms with E-state index in [1.165, 1.54) is 4.57 Å². The Kier molecular flexibility index (Phi) is 7.14. The summed E-state index contributed by atoms with van der Waals surface area (Å²) in [5.41, 5.74) is 0.886. The molecule has 1 heterocycles. The molecule has 0 bridgehead atoms. The van der Waals surface area contributed by atoms with Gasteiger partial charge >= 0.3 is 11.7 Å². The summed E-state index contributed by atoms with van der Waals surface area (Å²) >= 11 is 0. The third kappa shape index (κ3) is 5.58. The van der Waals surface area contributed by atoms with Crippen LogP contribution in [0.2, 0.25) is 0 Å². The van der Waals surface area contributed by atoms with Crippen molar-refractivity contribution >= 4 is 5.97 Å². The molecule has 138 valence electrons. The third-order valence-electron chi connectivity index (χ3n) is 3.97. The molecule has 0 radical (unpaired) electrons. The van der Waals surface area contributed by atoms with Gasteiger partial charge in [0.25, 0.3) is 5.56 Å². The van der Waals surface area contributed by atoms with Crippen molar-refractivity contribution in [2.24, 2.45) is 0 Å². The Morgan fingerprint density at radius 1 is 1.12 bits per heavy atom. The zero-order valence-electron chi connectivity index (χ0n) is 15.0. The van der Waals surface area contributed by atoms with Crippen LogP contribution in [0, 0.1) is 0 Å². The van der Waals surface area contributed by atoms with Crippen LogP contribution in [0.25, 0.3) is 11.1 Å². The van der Waals surface area contributed by atoms with Crippen molar-refractivity contribution in [1.82, 2.24) is 9.55 Å². The highest BCUT2D eigenvalue weighted by molar-refractivity contribution is 5.86. The zero-order chi connectivity index (χ0) is 18.9. The van der Waals surface area contributed by atoms with E-state index >= 15 is 0 Å². The molecular weight excluding hydrogens is 332 g/mol. The van der Waals surface area contributed by atoms with E-state index in [0.29, 0.717) is 24.3 Å².